The monoisotopic (exact) mass is 385 g/mol. The molecule has 10 heteroatoms. The minimum absolute atomic E-state index is 0.00105. The van der Waals surface area contributed by atoms with Gasteiger partial charge in [-0.05, 0) is 24.3 Å². The number of anilines is 1. The van der Waals surface area contributed by atoms with E-state index in [1.165, 1.54) is 18.2 Å². The molecule has 0 bridgehead atoms. The Kier molecular flexibility index (Phi) is 6.09. The second-order valence-corrected chi connectivity index (χ2v) is 6.24. The van der Waals surface area contributed by atoms with Gasteiger partial charge in [-0.3, -0.25) is 14.9 Å². The molecule has 138 valence electrons. The number of nitrogens with zero attached hydrogens (tertiary/aromatic N) is 1. The van der Waals surface area contributed by atoms with Crippen molar-refractivity contribution in [3.63, 3.8) is 0 Å². The third kappa shape index (κ3) is 5.38. The highest BCUT2D eigenvalue weighted by atomic mass is 32.2. The lowest BCUT2D eigenvalue weighted by molar-refractivity contribution is -0.385. The summed E-state index contributed by atoms with van der Waals surface area (Å²) in [5.41, 5.74) is 5.52. The van der Waals surface area contributed by atoms with Crippen LogP contribution >= 0.6 is 11.8 Å². The molecule has 2 aromatic carbocycles. The van der Waals surface area contributed by atoms with Gasteiger partial charge in [0.1, 0.15) is 0 Å². The van der Waals surface area contributed by atoms with Crippen molar-refractivity contribution in [1.82, 2.24) is 0 Å². The summed E-state index contributed by atoms with van der Waals surface area (Å²) in [6, 6.07) is 10.2. The molecule has 2 rings (SSSR count). The van der Waals surface area contributed by atoms with Crippen molar-refractivity contribution < 1.29 is 22.9 Å². The normalized spacial score (nSPS) is 11.2. The summed E-state index contributed by atoms with van der Waals surface area (Å²) in [5, 5.41) is 14.1. The average Bonchev–Trinajstić information content (AvgIpc) is 2.57. The lowest BCUT2D eigenvalue weighted by Crippen LogP contribution is -2.12. The fourth-order valence-electron chi connectivity index (χ4n) is 2.13. The zero-order valence-corrected chi connectivity index (χ0v) is 14.1. The molecule has 0 heterocycles. The second-order valence-electron chi connectivity index (χ2n) is 5.22. The quantitative estimate of drug-likeness (QED) is 0.427. The van der Waals surface area contributed by atoms with Crippen molar-refractivity contribution in [2.45, 2.75) is 17.6 Å². The third-order valence-corrected chi connectivity index (χ3v) is 4.45. The van der Waals surface area contributed by atoms with Crippen molar-refractivity contribution in [1.29, 1.82) is 0 Å². The average molecular weight is 385 g/mol. The smallest absolute Gasteiger partial charge is 0.380 e. The van der Waals surface area contributed by atoms with Crippen molar-refractivity contribution in [3.8, 4) is 0 Å². The first-order valence-electron chi connectivity index (χ1n) is 7.27. The largest absolute Gasteiger partial charge is 0.398 e. The Bertz CT molecular complexity index is 828. The molecule has 6 nitrogen and oxygen atoms in total. The van der Waals surface area contributed by atoms with Crippen molar-refractivity contribution >= 4 is 29.0 Å². The maximum Gasteiger partial charge on any atom is 0.398 e. The van der Waals surface area contributed by atoms with Gasteiger partial charge in [-0.15, -0.1) is 11.8 Å². The fourth-order valence-corrected chi connectivity index (χ4v) is 2.91. The molecular weight excluding hydrogens is 371 g/mol. The van der Waals surface area contributed by atoms with E-state index in [2.05, 4.69) is 5.32 Å². The standard InChI is InChI=1S/C16H14F3N3O3S/c17-16(18,19)9-26-14-4-2-1-3-12(14)21-8-11-6-5-10(15(20)23)7-13(11)22(24)25/h1-7,21H,8-9H2,(H2,20,23). The highest BCUT2D eigenvalue weighted by Crippen LogP contribution is 2.32. The number of alkyl halides is 3. The van der Waals surface area contributed by atoms with Crippen molar-refractivity contribution in [3.05, 3.63) is 63.7 Å². The molecule has 0 saturated heterocycles. The number of nitrogens with two attached hydrogens (primary N) is 1. The van der Waals surface area contributed by atoms with Crippen LogP contribution < -0.4 is 11.1 Å². The predicted molar refractivity (Wildman–Crippen MR) is 92.2 cm³/mol. The van der Waals surface area contributed by atoms with Crippen molar-refractivity contribution in [2.24, 2.45) is 5.73 Å². The van der Waals surface area contributed by atoms with Gasteiger partial charge in [-0.2, -0.15) is 13.2 Å². The first-order chi connectivity index (χ1) is 12.2. The van der Waals surface area contributed by atoms with Gasteiger partial charge in [0.05, 0.1) is 10.7 Å². The first kappa shape index (κ1) is 19.6. The molecule has 0 saturated carbocycles. The maximum atomic E-state index is 12.4. The van der Waals surface area contributed by atoms with Crippen LogP contribution in [0.5, 0.6) is 0 Å². The Hall–Kier alpha value is -2.75. The molecule has 0 fully saturated rings. The van der Waals surface area contributed by atoms with Gasteiger partial charge in [-0.25, -0.2) is 0 Å². The predicted octanol–water partition coefficient (Wildman–Crippen LogP) is 3.96. The molecule has 0 unspecified atom stereocenters. The maximum absolute atomic E-state index is 12.4. The van der Waals surface area contributed by atoms with Gasteiger partial charge in [0.15, 0.2) is 0 Å². The fraction of sp³-hybridized carbons (Fsp3) is 0.188. The number of nitro benzene ring substituents is 1. The molecule has 0 aromatic heterocycles. The number of carbonyl (C=O) groups excluding carboxylic acids is 1. The lowest BCUT2D eigenvalue weighted by Gasteiger charge is -2.13. The topological polar surface area (TPSA) is 98.3 Å². The van der Waals surface area contributed by atoms with Crippen LogP contribution in [0, 0.1) is 10.1 Å². The summed E-state index contributed by atoms with van der Waals surface area (Å²) in [6.45, 7) is -0.00105. The number of para-hydroxylation sites is 1. The Morgan fingerprint density at radius 2 is 1.92 bits per heavy atom. The van der Waals surface area contributed by atoms with E-state index >= 15 is 0 Å². The van der Waals surface area contributed by atoms with Crippen LogP contribution in [0.25, 0.3) is 0 Å². The summed E-state index contributed by atoms with van der Waals surface area (Å²) in [4.78, 5) is 22.1. The summed E-state index contributed by atoms with van der Waals surface area (Å²) in [7, 11) is 0. The van der Waals surface area contributed by atoms with Crippen LogP contribution in [0.1, 0.15) is 15.9 Å². The number of halogens is 3. The van der Waals surface area contributed by atoms with Gasteiger partial charge in [0.2, 0.25) is 5.91 Å². The Balaban J connectivity index is 2.19. The zero-order valence-electron chi connectivity index (χ0n) is 13.2. The minimum Gasteiger partial charge on any atom is -0.380 e. The van der Waals surface area contributed by atoms with E-state index < -0.39 is 22.8 Å². The summed E-state index contributed by atoms with van der Waals surface area (Å²) < 4.78 is 37.2. The highest BCUT2D eigenvalue weighted by molar-refractivity contribution is 7.99. The highest BCUT2D eigenvalue weighted by Gasteiger charge is 2.27. The van der Waals surface area contributed by atoms with Gasteiger partial charge in [0.25, 0.3) is 5.69 Å². The summed E-state index contributed by atoms with van der Waals surface area (Å²) in [6.07, 6.45) is -4.30. The number of rotatable bonds is 7. The molecule has 2 aromatic rings. The molecular formula is C16H14F3N3O3S. The number of nitro groups is 1. The number of nitrogens with one attached hydrogen (secondary N) is 1. The number of hydrogen-bond acceptors (Lipinski definition) is 5. The Labute approximate surface area is 150 Å². The molecule has 0 aliphatic heterocycles. The number of amides is 1. The van der Waals surface area contributed by atoms with Gasteiger partial charge >= 0.3 is 6.18 Å². The van der Waals surface area contributed by atoms with E-state index in [4.69, 9.17) is 5.73 Å². The zero-order chi connectivity index (χ0) is 19.3. The summed E-state index contributed by atoms with van der Waals surface area (Å²) >= 11 is 0.623. The van der Waals surface area contributed by atoms with Gasteiger partial charge in [0, 0.05) is 34.3 Å². The Morgan fingerprint density at radius 1 is 1.23 bits per heavy atom. The van der Waals surface area contributed by atoms with E-state index in [9.17, 15) is 28.1 Å². The molecule has 0 atom stereocenters. The van der Waals surface area contributed by atoms with E-state index in [-0.39, 0.29) is 23.4 Å². The molecule has 0 spiro atoms. The van der Waals surface area contributed by atoms with Gasteiger partial charge < -0.3 is 11.1 Å². The number of hydrogen-bond donors (Lipinski definition) is 2. The van der Waals surface area contributed by atoms with Gasteiger partial charge in [-0.1, -0.05) is 12.1 Å². The van der Waals surface area contributed by atoms with Crippen LogP contribution in [-0.4, -0.2) is 22.8 Å². The van der Waals surface area contributed by atoms with E-state index in [0.29, 0.717) is 22.3 Å². The van der Waals surface area contributed by atoms with E-state index in [0.717, 1.165) is 6.07 Å². The van der Waals surface area contributed by atoms with Crippen LogP contribution in [0.4, 0.5) is 24.5 Å². The number of thioether (sulfide) groups is 1. The lowest BCUT2D eigenvalue weighted by atomic mass is 10.1. The molecule has 0 radical (unpaired) electrons. The van der Waals surface area contributed by atoms with Crippen LogP contribution in [0.15, 0.2) is 47.4 Å². The van der Waals surface area contributed by atoms with Crippen LogP contribution in [-0.2, 0) is 6.54 Å². The van der Waals surface area contributed by atoms with E-state index in [1.54, 1.807) is 18.2 Å². The van der Waals surface area contributed by atoms with Crippen LogP contribution in [0.2, 0.25) is 0 Å². The third-order valence-electron chi connectivity index (χ3n) is 3.31. The Morgan fingerprint density at radius 3 is 2.54 bits per heavy atom. The number of benzene rings is 2. The molecule has 0 aliphatic rings. The number of primary amides is 1. The molecule has 26 heavy (non-hydrogen) atoms. The molecule has 3 N–H and O–H groups in total. The molecule has 1 amide bonds. The van der Waals surface area contributed by atoms with Crippen molar-refractivity contribution in [2.75, 3.05) is 11.1 Å². The minimum atomic E-state index is -4.30. The molecule has 0 aliphatic carbocycles. The van der Waals surface area contributed by atoms with Crippen LogP contribution in [0.3, 0.4) is 0 Å². The van der Waals surface area contributed by atoms with E-state index in [1.807, 2.05) is 0 Å². The number of carbonyl (C=O) groups is 1. The summed E-state index contributed by atoms with van der Waals surface area (Å²) in [5.74, 6) is -1.83. The second kappa shape index (κ2) is 8.09. The SMILES string of the molecule is NC(=O)c1ccc(CNc2ccccc2SCC(F)(F)F)c([N+](=O)[O-])c1. The first-order valence-corrected chi connectivity index (χ1v) is 8.25.